The van der Waals surface area contributed by atoms with E-state index < -0.39 is 0 Å². The highest BCUT2D eigenvalue weighted by Gasteiger charge is 2.19. The Kier molecular flexibility index (Phi) is 65.1. The number of nitrogens with zero attached hydrogens (tertiary/aromatic N) is 10. The molecule has 1 aromatic rings. The van der Waals surface area contributed by atoms with Gasteiger partial charge in [0.1, 0.15) is 19.3 Å². The summed E-state index contributed by atoms with van der Waals surface area (Å²) in [5, 5.41) is 13.7. The van der Waals surface area contributed by atoms with Crippen molar-refractivity contribution in [1.82, 2.24) is 75.3 Å². The summed E-state index contributed by atoms with van der Waals surface area (Å²) in [4.78, 5) is 109. The Bertz CT molecular complexity index is 2460. The number of amides is 5. The second-order valence-corrected chi connectivity index (χ2v) is 25.4. The minimum Gasteiger partial charge on any atom is -0.461 e. The van der Waals surface area contributed by atoms with Crippen molar-refractivity contribution in [1.29, 1.82) is 0 Å². The number of likely N-dealkylation sites (tertiary alicyclic amines) is 1. The average Bonchev–Trinajstić information content (AvgIpc) is 1.43. The number of esters is 3. The van der Waals surface area contributed by atoms with Gasteiger partial charge in [0.25, 0.3) is 0 Å². The summed E-state index contributed by atoms with van der Waals surface area (Å²) in [7, 11) is 7.82. The predicted molar refractivity (Wildman–Crippen MR) is 415 cm³/mol. The smallest absolute Gasteiger partial charge is 0.333 e. The number of likely N-dealkylation sites (N-methyl/N-ethyl adjacent to an activating group) is 3. The summed E-state index contributed by atoms with van der Waals surface area (Å²) in [6.07, 6.45) is 17.8. The van der Waals surface area contributed by atoms with Crippen molar-refractivity contribution < 1.29 is 57.3 Å². The van der Waals surface area contributed by atoms with Crippen molar-refractivity contribution in [2.45, 2.75) is 86.7 Å². The van der Waals surface area contributed by atoms with Crippen molar-refractivity contribution in [3.05, 3.63) is 112 Å². The van der Waals surface area contributed by atoms with Crippen molar-refractivity contribution in [3.8, 4) is 0 Å². The Hall–Kier alpha value is -7.12. The Morgan fingerprint density at radius 3 is 1.55 bits per heavy atom. The minimum absolute atomic E-state index is 0.0382. The number of hydrogen-bond acceptors (Lipinski definition) is 22. The van der Waals surface area contributed by atoms with Gasteiger partial charge in [-0.2, -0.15) is 11.8 Å². The van der Waals surface area contributed by atoms with Gasteiger partial charge in [-0.25, -0.2) is 19.4 Å². The predicted octanol–water partition coefficient (Wildman–Crippen LogP) is 4.67. The molecule has 5 N–H and O–H groups in total. The molecule has 4 fully saturated rings. The number of carbonyl (C=O) groups is 8. The van der Waals surface area contributed by atoms with Crippen LogP contribution in [0.3, 0.4) is 0 Å². The zero-order valence-corrected chi connectivity index (χ0v) is 65.2. The lowest BCUT2D eigenvalue weighted by molar-refractivity contribution is -0.145. The molecule has 1 aromatic heterocycles. The first-order chi connectivity index (χ1) is 48.7. The van der Waals surface area contributed by atoms with Crippen molar-refractivity contribution in [2.75, 3.05) is 223 Å². The second-order valence-electron chi connectivity index (χ2n) is 24.2. The topological polar surface area (TPSA) is 277 Å². The molecule has 102 heavy (non-hydrogen) atoms. The van der Waals surface area contributed by atoms with Crippen LogP contribution in [0.5, 0.6) is 0 Å². The molecule has 0 atom stereocenters. The van der Waals surface area contributed by atoms with Crippen LogP contribution < -0.4 is 26.6 Å². The Morgan fingerprint density at radius 1 is 0.598 bits per heavy atom. The number of imidazole rings is 1. The van der Waals surface area contributed by atoms with Crippen LogP contribution in [0.1, 0.15) is 80.6 Å². The van der Waals surface area contributed by atoms with E-state index in [1.54, 1.807) is 44.1 Å². The van der Waals surface area contributed by atoms with E-state index in [1.165, 1.54) is 68.2 Å². The summed E-state index contributed by atoms with van der Waals surface area (Å²) >= 11 is 2.02. The molecule has 4 saturated heterocycles. The fourth-order valence-corrected chi connectivity index (χ4v) is 9.93. The molecule has 0 aliphatic carbocycles. The SMILES string of the molecule is C=C(C)C(=O)NCCN1CNC(=O)C1.C=C(C)C(=O)OC(CN(C)C)CN(C)C.C=C(C)C(=O)OCCN(CC)CC.C=CC(=O)NCCCN(CC)CC.C=CC(=O)NCCCN1CCSCC1.C=CC(=O)NCCN1CCOCC1.C=CC(=O)OCCN1CCCCC1.C=Cn1ccnc1. The van der Waals surface area contributed by atoms with Crippen molar-refractivity contribution in [2.24, 2.45) is 0 Å². The van der Waals surface area contributed by atoms with Crippen LogP contribution in [0.15, 0.2) is 112 Å². The molecule has 27 nitrogen and oxygen atoms in total. The van der Waals surface area contributed by atoms with Gasteiger partial charge in [0.2, 0.25) is 29.5 Å². The summed E-state index contributed by atoms with van der Waals surface area (Å²) in [6, 6.07) is 0. The zero-order valence-electron chi connectivity index (χ0n) is 64.4. The maximum atomic E-state index is 11.4. The average molecular weight is 1460 g/mol. The maximum absolute atomic E-state index is 11.4. The monoisotopic (exact) mass is 1460 g/mol. The van der Waals surface area contributed by atoms with Crippen molar-refractivity contribution in [3.63, 3.8) is 0 Å². The maximum Gasteiger partial charge on any atom is 0.333 e. The summed E-state index contributed by atoms with van der Waals surface area (Å²) in [6.45, 7) is 64.9. The molecular formula is C74H133N15O12S. The molecule has 4 aliphatic rings. The van der Waals surface area contributed by atoms with Gasteiger partial charge in [0.15, 0.2) is 0 Å². The van der Waals surface area contributed by atoms with Crippen LogP contribution in [0.4, 0.5) is 0 Å². The molecule has 5 amide bonds. The number of carbonyl (C=O) groups excluding carboxylic acids is 8. The summed E-state index contributed by atoms with van der Waals surface area (Å²) in [5.41, 5.74) is 1.40. The third kappa shape index (κ3) is 61.5. The first kappa shape index (κ1) is 99.1. The van der Waals surface area contributed by atoms with Gasteiger partial charge < -0.3 is 74.6 Å². The molecule has 0 aromatic carbocycles. The molecule has 0 saturated carbocycles. The van der Waals surface area contributed by atoms with Gasteiger partial charge >= 0.3 is 17.9 Å². The molecule has 0 unspecified atom stereocenters. The van der Waals surface area contributed by atoms with Crippen LogP contribution in [-0.4, -0.2) is 326 Å². The lowest BCUT2D eigenvalue weighted by Gasteiger charge is -2.26. The normalized spacial score (nSPS) is 14.1. The zero-order chi connectivity index (χ0) is 77.3. The van der Waals surface area contributed by atoms with Crippen LogP contribution in [0.25, 0.3) is 6.20 Å². The second kappa shape index (κ2) is 67.1. The van der Waals surface area contributed by atoms with E-state index in [1.807, 2.05) is 60.8 Å². The van der Waals surface area contributed by atoms with Gasteiger partial charge in [0, 0.05) is 145 Å². The fourth-order valence-electron chi connectivity index (χ4n) is 8.95. The first-order valence-corrected chi connectivity index (χ1v) is 36.6. The van der Waals surface area contributed by atoms with Crippen LogP contribution in [0.2, 0.25) is 0 Å². The van der Waals surface area contributed by atoms with Crippen LogP contribution >= 0.6 is 11.8 Å². The standard InChI is InChI=1S/C11H22N2O2.C10H18N2OS.C10H20N2O.C10H17NO2.C10H19NO2.C9H15N3O2.C9H16N2O2.C5H6N2/c1-9(2)11(14)15-10(7-12(3)4)8-13(5)6;1-2-10(13)11-4-3-5-12-6-8-14-9-7-12;1-4-10(13)11-8-7-9-12(5-2)6-3;1-2-10(12)13-9-8-11-6-4-3-5-7-11;1-5-11(6-2)7-8-13-10(12)9(3)4;1-7(2)9(14)10-3-4-12-5-8(13)11-6-12;1-2-9(12)10-3-4-11-5-7-13-8-6-11;1-2-7-4-3-6-5-7/h10H,1,7-8H2,2-6H3;2H,1,3-9H2,(H,11,13);4H,1,5-9H2,2-3H3,(H,11,13);2H,1,3-9H2;3,5-8H2,1-2,4H3;1,3-6H2,2H3,(H,10,14)(H,11,13);2H,1,3-8H2,(H,10,12);2-5H,1H2. The minimum atomic E-state index is -0.322. The third-order valence-corrected chi connectivity index (χ3v) is 15.8. The highest BCUT2D eigenvalue weighted by atomic mass is 32.2. The molecule has 4 aliphatic heterocycles. The molecule has 0 radical (unpaired) electrons. The molecule has 0 spiro atoms. The number of ether oxygens (including phenoxy) is 4. The number of piperidine rings is 1. The summed E-state index contributed by atoms with van der Waals surface area (Å²) in [5.74, 6) is 1.21. The number of nitrogens with one attached hydrogen (secondary N) is 5. The number of rotatable bonds is 37. The molecule has 582 valence electrons. The number of morpholine rings is 1. The van der Waals surface area contributed by atoms with Gasteiger partial charge in [-0.1, -0.05) is 86.7 Å². The molecule has 5 rings (SSSR count). The van der Waals surface area contributed by atoms with E-state index in [0.717, 1.165) is 137 Å². The van der Waals surface area contributed by atoms with Crippen molar-refractivity contribution >= 4 is 65.4 Å². The largest absolute Gasteiger partial charge is 0.461 e. The van der Waals surface area contributed by atoms with E-state index in [2.05, 4.69) is 136 Å². The molecule has 28 heteroatoms. The fraction of sp³-hybridized carbons (Fsp3) is 0.635. The summed E-state index contributed by atoms with van der Waals surface area (Å²) < 4.78 is 22.1. The van der Waals surface area contributed by atoms with Gasteiger partial charge in [-0.05, 0) is 145 Å². The lowest BCUT2D eigenvalue weighted by Crippen LogP contribution is -2.41. The highest BCUT2D eigenvalue weighted by Crippen LogP contribution is 2.10. The Balaban J connectivity index is -0.00000110. The third-order valence-electron chi connectivity index (χ3n) is 14.9. The van der Waals surface area contributed by atoms with E-state index in [9.17, 15) is 38.4 Å². The molecular weight excluding hydrogens is 1320 g/mol. The van der Waals surface area contributed by atoms with E-state index in [0.29, 0.717) is 62.8 Å². The van der Waals surface area contributed by atoms with E-state index >= 15 is 0 Å². The van der Waals surface area contributed by atoms with E-state index in [-0.39, 0.29) is 53.5 Å². The Morgan fingerprint density at radius 2 is 1.10 bits per heavy atom. The lowest BCUT2D eigenvalue weighted by atomic mass is 10.1. The number of thioether (sulfide) groups is 1. The first-order valence-electron chi connectivity index (χ1n) is 35.5. The molecule has 0 bridgehead atoms. The van der Waals surface area contributed by atoms with Gasteiger partial charge in [0.05, 0.1) is 32.8 Å². The Labute approximate surface area is 617 Å². The van der Waals surface area contributed by atoms with Crippen LogP contribution in [0, 0.1) is 0 Å². The highest BCUT2D eigenvalue weighted by molar-refractivity contribution is 7.99. The number of hydrogen-bond donors (Lipinski definition) is 5. The molecule has 5 heterocycles. The van der Waals surface area contributed by atoms with E-state index in [4.69, 9.17) is 18.9 Å². The quantitative estimate of drug-likeness (QED) is 0.0262. The van der Waals surface area contributed by atoms with Gasteiger partial charge in [-0.3, -0.25) is 38.7 Å². The van der Waals surface area contributed by atoms with Crippen LogP contribution in [-0.2, 0) is 57.3 Å². The number of aromatic nitrogens is 2. The van der Waals surface area contributed by atoms with Gasteiger partial charge in [-0.15, -0.1) is 0 Å².